The van der Waals surface area contributed by atoms with Crippen LogP contribution in [0.25, 0.3) is 0 Å². The first-order valence-corrected chi connectivity index (χ1v) is 7.33. The summed E-state index contributed by atoms with van der Waals surface area (Å²) in [7, 11) is 1.36. The third-order valence-electron chi connectivity index (χ3n) is 3.29. The van der Waals surface area contributed by atoms with Crippen LogP contribution in [0, 0.1) is 5.92 Å². The molecule has 0 fully saturated rings. The van der Waals surface area contributed by atoms with Gasteiger partial charge in [0, 0.05) is 31.9 Å². The summed E-state index contributed by atoms with van der Waals surface area (Å²) >= 11 is 0. The summed E-state index contributed by atoms with van der Waals surface area (Å²) in [6.07, 6.45) is 5.77. The Hall–Kier alpha value is -1.91. The number of aromatic nitrogens is 1. The zero-order valence-corrected chi connectivity index (χ0v) is 13.0. The number of hydrogen-bond acceptors (Lipinski definition) is 4. The molecule has 1 rings (SSSR count). The summed E-state index contributed by atoms with van der Waals surface area (Å²) in [5.41, 5.74) is 0.958. The van der Waals surface area contributed by atoms with Crippen molar-refractivity contribution in [1.82, 2.24) is 9.88 Å². The number of rotatable bonds is 8. The highest BCUT2D eigenvalue weighted by molar-refractivity contribution is 5.78. The predicted octanol–water partition coefficient (Wildman–Crippen LogP) is 2.41. The van der Waals surface area contributed by atoms with E-state index >= 15 is 0 Å². The van der Waals surface area contributed by atoms with Gasteiger partial charge < -0.3 is 9.64 Å². The van der Waals surface area contributed by atoms with Crippen molar-refractivity contribution in [3.63, 3.8) is 0 Å². The molecular weight excluding hydrogens is 268 g/mol. The van der Waals surface area contributed by atoms with Crippen LogP contribution in [0.1, 0.15) is 38.7 Å². The highest BCUT2D eigenvalue weighted by atomic mass is 16.5. The number of ether oxygens (including phenoxy) is 1. The minimum atomic E-state index is -0.336. The number of nitrogens with zero attached hydrogens (tertiary/aromatic N) is 2. The fourth-order valence-corrected chi connectivity index (χ4v) is 2.06. The molecule has 0 saturated heterocycles. The summed E-state index contributed by atoms with van der Waals surface area (Å²) in [4.78, 5) is 29.6. The van der Waals surface area contributed by atoms with Crippen LogP contribution >= 0.6 is 0 Å². The lowest BCUT2D eigenvalue weighted by Crippen LogP contribution is -2.36. The number of amides is 1. The Morgan fingerprint density at radius 2 is 2.19 bits per heavy atom. The standard InChI is InChI=1S/C16H24N2O3/c1-4-5-8-15(19)18(11-13(2)16(20)21-3)12-14-7-6-9-17-10-14/h6-7,9-10,13H,4-5,8,11-12H2,1-3H3. The molecule has 0 saturated carbocycles. The van der Waals surface area contributed by atoms with E-state index in [2.05, 4.69) is 11.9 Å². The smallest absolute Gasteiger partial charge is 0.310 e. The number of methoxy groups -OCH3 is 1. The highest BCUT2D eigenvalue weighted by Crippen LogP contribution is 2.11. The average molecular weight is 292 g/mol. The number of carbonyl (C=O) groups is 2. The van der Waals surface area contributed by atoms with Crippen molar-refractivity contribution < 1.29 is 14.3 Å². The highest BCUT2D eigenvalue weighted by Gasteiger charge is 2.21. The van der Waals surface area contributed by atoms with Crippen molar-refractivity contribution in [3.8, 4) is 0 Å². The van der Waals surface area contributed by atoms with Crippen molar-refractivity contribution in [2.24, 2.45) is 5.92 Å². The molecular formula is C16H24N2O3. The van der Waals surface area contributed by atoms with Gasteiger partial charge in [0.05, 0.1) is 13.0 Å². The van der Waals surface area contributed by atoms with Gasteiger partial charge in [0.15, 0.2) is 0 Å². The second kappa shape index (κ2) is 9.10. The quantitative estimate of drug-likeness (QED) is 0.690. The number of esters is 1. The van der Waals surface area contributed by atoms with Crippen molar-refractivity contribution in [3.05, 3.63) is 30.1 Å². The SMILES string of the molecule is CCCCC(=O)N(Cc1cccnc1)CC(C)C(=O)OC. The Kier molecular flexibility index (Phi) is 7.43. The van der Waals surface area contributed by atoms with Gasteiger partial charge in [-0.2, -0.15) is 0 Å². The van der Waals surface area contributed by atoms with Crippen LogP contribution in [0.4, 0.5) is 0 Å². The fraction of sp³-hybridized carbons (Fsp3) is 0.562. The summed E-state index contributed by atoms with van der Waals surface area (Å²) in [5, 5.41) is 0. The maximum atomic E-state index is 12.3. The topological polar surface area (TPSA) is 59.5 Å². The average Bonchev–Trinajstić information content (AvgIpc) is 2.51. The van der Waals surface area contributed by atoms with E-state index in [0.717, 1.165) is 18.4 Å². The normalized spacial score (nSPS) is 11.8. The molecule has 5 nitrogen and oxygen atoms in total. The van der Waals surface area contributed by atoms with Crippen LogP contribution in [0.15, 0.2) is 24.5 Å². The van der Waals surface area contributed by atoms with Crippen molar-refractivity contribution in [2.45, 2.75) is 39.7 Å². The maximum absolute atomic E-state index is 12.3. The fourth-order valence-electron chi connectivity index (χ4n) is 2.06. The Bertz CT molecular complexity index is 448. The largest absolute Gasteiger partial charge is 0.469 e. The van der Waals surface area contributed by atoms with Crippen LogP contribution in [0.3, 0.4) is 0 Å². The lowest BCUT2D eigenvalue weighted by Gasteiger charge is -2.25. The summed E-state index contributed by atoms with van der Waals surface area (Å²) in [6.45, 7) is 4.66. The first-order chi connectivity index (χ1) is 10.1. The van der Waals surface area contributed by atoms with Gasteiger partial charge >= 0.3 is 5.97 Å². The van der Waals surface area contributed by atoms with E-state index in [4.69, 9.17) is 4.74 Å². The molecule has 0 bridgehead atoms. The summed E-state index contributed by atoms with van der Waals surface area (Å²) < 4.78 is 4.73. The zero-order valence-electron chi connectivity index (χ0n) is 13.0. The maximum Gasteiger partial charge on any atom is 0.310 e. The lowest BCUT2D eigenvalue weighted by atomic mass is 10.1. The first-order valence-electron chi connectivity index (χ1n) is 7.33. The van der Waals surface area contributed by atoms with E-state index in [0.29, 0.717) is 19.5 Å². The number of pyridine rings is 1. The van der Waals surface area contributed by atoms with Crippen molar-refractivity contribution >= 4 is 11.9 Å². The summed E-state index contributed by atoms with van der Waals surface area (Å²) in [6, 6.07) is 3.77. The van der Waals surface area contributed by atoms with Crippen LogP contribution in [0.5, 0.6) is 0 Å². The van der Waals surface area contributed by atoms with Gasteiger partial charge in [0.25, 0.3) is 0 Å². The Labute approximate surface area is 126 Å². The number of hydrogen-bond donors (Lipinski definition) is 0. The second-order valence-electron chi connectivity index (χ2n) is 5.16. The molecule has 0 spiro atoms. The van der Waals surface area contributed by atoms with Gasteiger partial charge in [0.1, 0.15) is 0 Å². The van der Waals surface area contributed by atoms with Gasteiger partial charge in [-0.05, 0) is 18.1 Å². The van der Waals surface area contributed by atoms with Gasteiger partial charge in [-0.15, -0.1) is 0 Å². The second-order valence-corrected chi connectivity index (χ2v) is 5.16. The lowest BCUT2D eigenvalue weighted by molar-refractivity contribution is -0.146. The Balaban J connectivity index is 2.74. The molecule has 0 aliphatic carbocycles. The van der Waals surface area contributed by atoms with Gasteiger partial charge in [-0.3, -0.25) is 14.6 Å². The van der Waals surface area contributed by atoms with Crippen LogP contribution in [-0.2, 0) is 20.9 Å². The minimum absolute atomic E-state index is 0.0662. The molecule has 21 heavy (non-hydrogen) atoms. The van der Waals surface area contributed by atoms with Gasteiger partial charge in [-0.1, -0.05) is 26.3 Å². The molecule has 116 valence electrons. The molecule has 1 amide bonds. The Morgan fingerprint density at radius 1 is 1.43 bits per heavy atom. The molecule has 1 aromatic rings. The zero-order chi connectivity index (χ0) is 15.7. The van der Waals surface area contributed by atoms with E-state index in [1.165, 1.54) is 7.11 Å². The summed E-state index contributed by atoms with van der Waals surface area (Å²) in [5.74, 6) is -0.566. The third-order valence-corrected chi connectivity index (χ3v) is 3.29. The van der Waals surface area contributed by atoms with Crippen LogP contribution in [0.2, 0.25) is 0 Å². The predicted molar refractivity (Wildman–Crippen MR) is 80.4 cm³/mol. The van der Waals surface area contributed by atoms with E-state index in [1.807, 2.05) is 12.1 Å². The van der Waals surface area contributed by atoms with E-state index in [9.17, 15) is 9.59 Å². The first kappa shape index (κ1) is 17.1. The molecule has 1 aromatic heterocycles. The van der Waals surface area contributed by atoms with Gasteiger partial charge in [-0.25, -0.2) is 0 Å². The number of unbranched alkanes of at least 4 members (excludes halogenated alkanes) is 1. The van der Waals surface area contributed by atoms with Crippen LogP contribution < -0.4 is 0 Å². The monoisotopic (exact) mass is 292 g/mol. The van der Waals surface area contributed by atoms with E-state index in [-0.39, 0.29) is 17.8 Å². The molecule has 0 aliphatic heterocycles. The molecule has 0 aromatic carbocycles. The van der Waals surface area contributed by atoms with Gasteiger partial charge in [0.2, 0.25) is 5.91 Å². The molecule has 0 N–H and O–H groups in total. The molecule has 1 heterocycles. The molecule has 1 unspecified atom stereocenters. The van der Waals surface area contributed by atoms with Crippen LogP contribution in [-0.4, -0.2) is 35.4 Å². The molecule has 1 atom stereocenters. The minimum Gasteiger partial charge on any atom is -0.469 e. The molecule has 0 radical (unpaired) electrons. The van der Waals surface area contributed by atoms with Crippen molar-refractivity contribution in [2.75, 3.05) is 13.7 Å². The van der Waals surface area contributed by atoms with E-state index in [1.54, 1.807) is 24.2 Å². The van der Waals surface area contributed by atoms with Crippen molar-refractivity contribution in [1.29, 1.82) is 0 Å². The van der Waals surface area contributed by atoms with E-state index < -0.39 is 0 Å². The Morgan fingerprint density at radius 3 is 2.76 bits per heavy atom. The third kappa shape index (κ3) is 5.94. The molecule has 0 aliphatic rings. The molecule has 5 heteroatoms. The number of carbonyl (C=O) groups excluding carboxylic acids is 2.